The Balaban J connectivity index is 2.22. The molecule has 17 heavy (non-hydrogen) atoms. The van der Waals surface area contributed by atoms with Crippen LogP contribution in [0.3, 0.4) is 0 Å². The van der Waals surface area contributed by atoms with Crippen molar-refractivity contribution in [2.75, 3.05) is 4.90 Å². The van der Waals surface area contributed by atoms with Gasteiger partial charge in [0.25, 0.3) is 0 Å². The highest BCUT2D eigenvalue weighted by atomic mass is 15.2. The zero-order chi connectivity index (χ0) is 11.8. The lowest BCUT2D eigenvalue weighted by atomic mass is 10.1. The first-order chi connectivity index (χ1) is 8.27. The number of rotatable bonds is 1. The van der Waals surface area contributed by atoms with Gasteiger partial charge in [0.05, 0.1) is 11.4 Å². The highest BCUT2D eigenvalue weighted by molar-refractivity contribution is 5.71. The number of nitrogens with zero attached hydrogens (tertiary/aromatic N) is 1. The third kappa shape index (κ3) is 1.57. The van der Waals surface area contributed by atoms with E-state index in [1.165, 1.54) is 17.0 Å². The number of benzene rings is 1. The van der Waals surface area contributed by atoms with Crippen LogP contribution in [-0.2, 0) is 0 Å². The molecule has 1 heteroatoms. The molecule has 84 valence electrons. The van der Waals surface area contributed by atoms with E-state index in [1.807, 2.05) is 0 Å². The van der Waals surface area contributed by atoms with E-state index in [1.54, 1.807) is 0 Å². The summed E-state index contributed by atoms with van der Waals surface area (Å²) >= 11 is 0. The summed E-state index contributed by atoms with van der Waals surface area (Å²) < 4.78 is 0. The van der Waals surface area contributed by atoms with E-state index >= 15 is 0 Å². The van der Waals surface area contributed by atoms with Crippen LogP contribution in [0.2, 0.25) is 0 Å². The van der Waals surface area contributed by atoms with Gasteiger partial charge in [0.15, 0.2) is 0 Å². The van der Waals surface area contributed by atoms with E-state index in [0.717, 1.165) is 12.0 Å². The van der Waals surface area contributed by atoms with Crippen molar-refractivity contribution < 1.29 is 0 Å². The molecule has 0 N–H and O–H groups in total. The number of fused-ring (bicyclic) bond motifs is 1. The largest absolute Gasteiger partial charge is 0.337 e. The normalized spacial score (nSPS) is 16.5. The summed E-state index contributed by atoms with van der Waals surface area (Å²) in [4.78, 5) is 2.38. The van der Waals surface area contributed by atoms with Gasteiger partial charge in [-0.2, -0.15) is 0 Å². The van der Waals surface area contributed by atoms with E-state index in [2.05, 4.69) is 67.0 Å². The van der Waals surface area contributed by atoms with Gasteiger partial charge in [0.1, 0.15) is 0 Å². The van der Waals surface area contributed by atoms with Crippen LogP contribution in [0.25, 0.3) is 0 Å². The third-order valence-electron chi connectivity index (χ3n) is 3.19. The second-order valence-corrected chi connectivity index (χ2v) is 4.70. The highest BCUT2D eigenvalue weighted by Gasteiger charge is 2.22. The molecule has 1 aromatic carbocycles. The highest BCUT2D eigenvalue weighted by Crippen LogP contribution is 2.33. The zero-order valence-corrected chi connectivity index (χ0v) is 10.2. The van der Waals surface area contributed by atoms with Gasteiger partial charge in [-0.25, -0.2) is 0 Å². The molecule has 0 unspecified atom stereocenters. The molecule has 3 rings (SSSR count). The minimum atomic E-state index is 0.436. The van der Waals surface area contributed by atoms with Gasteiger partial charge in [-0.05, 0) is 32.1 Å². The van der Waals surface area contributed by atoms with E-state index in [4.69, 9.17) is 0 Å². The Bertz CT molecular complexity index is 579. The molecule has 0 amide bonds. The van der Waals surface area contributed by atoms with Crippen LogP contribution < -0.4 is 4.90 Å². The van der Waals surface area contributed by atoms with Crippen LogP contribution in [0.4, 0.5) is 5.69 Å². The lowest BCUT2D eigenvalue weighted by Gasteiger charge is -2.30. The first-order valence-corrected chi connectivity index (χ1v) is 6.07. The minimum absolute atomic E-state index is 0.436. The Morgan fingerprint density at radius 2 is 2.00 bits per heavy atom. The first kappa shape index (κ1) is 10.2. The van der Waals surface area contributed by atoms with Crippen molar-refractivity contribution in [3.63, 3.8) is 0 Å². The van der Waals surface area contributed by atoms with Crippen molar-refractivity contribution >= 4 is 5.69 Å². The summed E-state index contributed by atoms with van der Waals surface area (Å²) in [6.07, 6.45) is 5.37. The molecule has 1 aromatic rings. The fourth-order valence-electron chi connectivity index (χ4n) is 2.45. The zero-order valence-electron chi connectivity index (χ0n) is 10.2. The molecule has 1 nitrogen and oxygen atoms in total. The SMILES string of the molecule is CC(C)N1C2=C(C#Cc3ccccc31)CC=C2. The molecule has 1 aliphatic carbocycles. The molecule has 1 aliphatic heterocycles. The molecule has 0 bridgehead atoms. The summed E-state index contributed by atoms with van der Waals surface area (Å²) in [6, 6.07) is 8.83. The summed E-state index contributed by atoms with van der Waals surface area (Å²) in [5, 5.41) is 0. The Kier molecular flexibility index (Phi) is 2.30. The quantitative estimate of drug-likeness (QED) is 0.656. The summed E-state index contributed by atoms with van der Waals surface area (Å²) in [5.74, 6) is 6.60. The molecule has 0 aromatic heterocycles. The van der Waals surface area contributed by atoms with E-state index in [-0.39, 0.29) is 0 Å². The van der Waals surface area contributed by atoms with Crippen LogP contribution in [0.1, 0.15) is 25.8 Å². The number of hydrogen-bond acceptors (Lipinski definition) is 1. The van der Waals surface area contributed by atoms with Gasteiger partial charge in [0, 0.05) is 23.6 Å². The molecule has 0 radical (unpaired) electrons. The number of hydrogen-bond donors (Lipinski definition) is 0. The van der Waals surface area contributed by atoms with Crippen molar-refractivity contribution in [3.05, 3.63) is 53.3 Å². The monoisotopic (exact) mass is 221 g/mol. The smallest absolute Gasteiger partial charge is 0.0572 e. The average molecular weight is 221 g/mol. The molecule has 1 heterocycles. The lowest BCUT2D eigenvalue weighted by molar-refractivity contribution is 0.762. The van der Waals surface area contributed by atoms with Crippen molar-refractivity contribution in [3.8, 4) is 11.8 Å². The second-order valence-electron chi connectivity index (χ2n) is 4.70. The van der Waals surface area contributed by atoms with Crippen molar-refractivity contribution in [2.24, 2.45) is 0 Å². The van der Waals surface area contributed by atoms with Crippen molar-refractivity contribution in [1.29, 1.82) is 0 Å². The maximum Gasteiger partial charge on any atom is 0.0572 e. The van der Waals surface area contributed by atoms with Crippen LogP contribution in [0, 0.1) is 11.8 Å². The van der Waals surface area contributed by atoms with E-state index in [9.17, 15) is 0 Å². The predicted octanol–water partition coefficient (Wildman–Crippen LogP) is 3.48. The Morgan fingerprint density at radius 1 is 1.18 bits per heavy atom. The van der Waals surface area contributed by atoms with Crippen molar-refractivity contribution in [1.82, 2.24) is 0 Å². The molecule has 0 saturated carbocycles. The fourth-order valence-corrected chi connectivity index (χ4v) is 2.45. The summed E-state index contributed by atoms with van der Waals surface area (Å²) in [5.41, 5.74) is 4.88. The Hall–Kier alpha value is -1.94. The second kappa shape index (κ2) is 3.82. The summed E-state index contributed by atoms with van der Waals surface area (Å²) in [6.45, 7) is 4.44. The van der Waals surface area contributed by atoms with Gasteiger partial charge < -0.3 is 4.90 Å². The number of para-hydroxylation sites is 1. The number of anilines is 1. The van der Waals surface area contributed by atoms with Gasteiger partial charge in [-0.1, -0.05) is 30.0 Å². The van der Waals surface area contributed by atoms with Gasteiger partial charge in [-0.15, -0.1) is 0 Å². The molecular weight excluding hydrogens is 206 g/mol. The van der Waals surface area contributed by atoms with Crippen LogP contribution in [0.5, 0.6) is 0 Å². The average Bonchev–Trinajstić information content (AvgIpc) is 2.70. The van der Waals surface area contributed by atoms with Crippen LogP contribution >= 0.6 is 0 Å². The number of allylic oxidation sites excluding steroid dienone is 3. The Labute approximate surface area is 102 Å². The van der Waals surface area contributed by atoms with Gasteiger partial charge in [0.2, 0.25) is 0 Å². The lowest BCUT2D eigenvalue weighted by Crippen LogP contribution is -2.29. The molecule has 0 fully saturated rings. The standard InChI is InChI=1S/C16H15N/c1-12(2)17-15-8-4-3-6-13(15)10-11-14-7-5-9-16(14)17/h3-6,8-9,12H,7H2,1-2H3. The minimum Gasteiger partial charge on any atom is -0.337 e. The van der Waals surface area contributed by atoms with E-state index < -0.39 is 0 Å². The maximum atomic E-state index is 3.31. The third-order valence-corrected chi connectivity index (χ3v) is 3.19. The van der Waals surface area contributed by atoms with Crippen LogP contribution in [-0.4, -0.2) is 6.04 Å². The van der Waals surface area contributed by atoms with Crippen LogP contribution in [0.15, 0.2) is 47.7 Å². The molecule has 2 aliphatic rings. The van der Waals surface area contributed by atoms with Crippen molar-refractivity contribution in [2.45, 2.75) is 26.3 Å². The maximum absolute atomic E-state index is 3.31. The predicted molar refractivity (Wildman–Crippen MR) is 71.7 cm³/mol. The summed E-state index contributed by atoms with van der Waals surface area (Å²) in [7, 11) is 0. The molecular formula is C16H15N. The molecule has 0 atom stereocenters. The molecule has 0 spiro atoms. The van der Waals surface area contributed by atoms with Gasteiger partial charge >= 0.3 is 0 Å². The fraction of sp³-hybridized carbons (Fsp3) is 0.250. The van der Waals surface area contributed by atoms with E-state index in [0.29, 0.717) is 6.04 Å². The van der Waals surface area contributed by atoms with Gasteiger partial charge in [-0.3, -0.25) is 0 Å². The molecule has 0 saturated heterocycles. The topological polar surface area (TPSA) is 3.24 Å². The Morgan fingerprint density at radius 3 is 2.82 bits per heavy atom. The first-order valence-electron chi connectivity index (χ1n) is 6.07.